The molecule has 2 fully saturated rings. The van der Waals surface area contributed by atoms with Crippen molar-refractivity contribution in [3.05, 3.63) is 0 Å². The number of ether oxygens (including phenoxy) is 1. The van der Waals surface area contributed by atoms with Gasteiger partial charge < -0.3 is 15.8 Å². The van der Waals surface area contributed by atoms with Gasteiger partial charge in [0.25, 0.3) is 0 Å². The Morgan fingerprint density at radius 2 is 1.79 bits per heavy atom. The van der Waals surface area contributed by atoms with Crippen molar-refractivity contribution < 1.29 is 13.2 Å². The molecule has 1 aliphatic heterocycles. The monoisotopic (exact) mass is 360 g/mol. The molecule has 0 aromatic carbocycles. The zero-order valence-electron chi connectivity index (χ0n) is 14.5. The third kappa shape index (κ3) is 7.81. The van der Waals surface area contributed by atoms with E-state index in [1.807, 2.05) is 0 Å². The molecule has 1 heterocycles. The van der Waals surface area contributed by atoms with Crippen molar-refractivity contribution in [2.45, 2.75) is 69.9 Å². The topological polar surface area (TPSA) is 106 Å². The van der Waals surface area contributed by atoms with Crippen LogP contribution in [0.2, 0.25) is 0 Å². The molecule has 1 saturated carbocycles. The number of hydrogen-bond donors (Lipinski definition) is 3. The number of nitrogens with two attached hydrogens (primary N) is 1. The first-order valence-electron chi connectivity index (χ1n) is 9.20. The Labute approximate surface area is 145 Å². The highest BCUT2D eigenvalue weighted by Gasteiger charge is 2.17. The van der Waals surface area contributed by atoms with Gasteiger partial charge in [0.2, 0.25) is 10.0 Å². The number of aliphatic imine (C=N–C) groups is 1. The fourth-order valence-electron chi connectivity index (χ4n) is 3.23. The molecule has 4 N–H and O–H groups in total. The Morgan fingerprint density at radius 1 is 1.08 bits per heavy atom. The SMILES string of the molecule is NC(=NCCS(=O)(=O)NCC1CCCCO1)NC1CCCCCC1. The lowest BCUT2D eigenvalue weighted by atomic mass is 10.1. The lowest BCUT2D eigenvalue weighted by Crippen LogP contribution is -2.40. The Hall–Kier alpha value is -0.860. The van der Waals surface area contributed by atoms with Crippen molar-refractivity contribution in [1.29, 1.82) is 0 Å². The second-order valence-corrected chi connectivity index (χ2v) is 8.68. The van der Waals surface area contributed by atoms with Crippen molar-refractivity contribution in [3.63, 3.8) is 0 Å². The minimum Gasteiger partial charge on any atom is -0.377 e. The van der Waals surface area contributed by atoms with E-state index < -0.39 is 10.0 Å². The van der Waals surface area contributed by atoms with Gasteiger partial charge in [-0.2, -0.15) is 0 Å². The van der Waals surface area contributed by atoms with Gasteiger partial charge in [-0.1, -0.05) is 25.7 Å². The quantitative estimate of drug-likeness (QED) is 0.358. The van der Waals surface area contributed by atoms with E-state index in [2.05, 4.69) is 15.0 Å². The largest absolute Gasteiger partial charge is 0.377 e. The summed E-state index contributed by atoms with van der Waals surface area (Å²) in [7, 11) is -3.34. The molecule has 24 heavy (non-hydrogen) atoms. The molecule has 140 valence electrons. The Balaban J connectivity index is 1.66. The molecule has 1 unspecified atom stereocenters. The highest BCUT2D eigenvalue weighted by Crippen LogP contribution is 2.16. The third-order valence-corrected chi connectivity index (χ3v) is 5.98. The average Bonchev–Trinajstić information content (AvgIpc) is 2.82. The predicted octanol–water partition coefficient (Wildman–Crippen LogP) is 1.10. The van der Waals surface area contributed by atoms with Crippen LogP contribution in [-0.4, -0.2) is 52.0 Å². The van der Waals surface area contributed by atoms with Gasteiger partial charge in [-0.15, -0.1) is 0 Å². The maximum atomic E-state index is 12.0. The second kappa shape index (κ2) is 10.2. The number of nitrogens with zero attached hydrogens (tertiary/aromatic N) is 1. The van der Waals surface area contributed by atoms with Gasteiger partial charge in [0.1, 0.15) is 0 Å². The Bertz CT molecular complexity index is 482. The summed E-state index contributed by atoms with van der Waals surface area (Å²) in [4.78, 5) is 4.16. The standard InChI is InChI=1S/C16H32N4O3S/c17-16(20-14-7-3-1-2-4-8-14)18-10-12-24(21,22)19-13-15-9-5-6-11-23-15/h14-15,19H,1-13H2,(H3,17,18,20). The van der Waals surface area contributed by atoms with Crippen LogP contribution in [0.15, 0.2) is 4.99 Å². The molecule has 0 amide bonds. The van der Waals surface area contributed by atoms with E-state index in [1.54, 1.807) is 0 Å². The molecular formula is C16H32N4O3S. The lowest BCUT2D eigenvalue weighted by molar-refractivity contribution is 0.0200. The zero-order chi connectivity index (χ0) is 17.3. The van der Waals surface area contributed by atoms with E-state index in [1.165, 1.54) is 25.7 Å². The molecule has 0 bridgehead atoms. The van der Waals surface area contributed by atoms with Crippen molar-refractivity contribution in [2.75, 3.05) is 25.4 Å². The summed E-state index contributed by atoms with van der Waals surface area (Å²) in [5, 5.41) is 3.22. The first-order valence-corrected chi connectivity index (χ1v) is 10.9. The lowest BCUT2D eigenvalue weighted by Gasteiger charge is -2.22. The molecule has 1 saturated heterocycles. The molecule has 2 rings (SSSR count). The Kier molecular flexibility index (Phi) is 8.28. The van der Waals surface area contributed by atoms with Gasteiger partial charge in [-0.05, 0) is 32.1 Å². The molecule has 0 spiro atoms. The van der Waals surface area contributed by atoms with E-state index in [0.717, 1.165) is 38.7 Å². The van der Waals surface area contributed by atoms with Gasteiger partial charge in [-0.25, -0.2) is 13.1 Å². The maximum Gasteiger partial charge on any atom is 0.213 e. The summed E-state index contributed by atoms with van der Waals surface area (Å²) in [6.07, 6.45) is 10.3. The zero-order valence-corrected chi connectivity index (χ0v) is 15.3. The molecule has 0 radical (unpaired) electrons. The van der Waals surface area contributed by atoms with Crippen LogP contribution in [0.5, 0.6) is 0 Å². The summed E-state index contributed by atoms with van der Waals surface area (Å²) < 4.78 is 32.1. The van der Waals surface area contributed by atoms with E-state index >= 15 is 0 Å². The van der Waals surface area contributed by atoms with E-state index in [4.69, 9.17) is 10.5 Å². The smallest absolute Gasteiger partial charge is 0.213 e. The van der Waals surface area contributed by atoms with Crippen LogP contribution in [0.25, 0.3) is 0 Å². The number of hydrogen-bond acceptors (Lipinski definition) is 4. The van der Waals surface area contributed by atoms with Crippen LogP contribution in [0.4, 0.5) is 0 Å². The minimum absolute atomic E-state index is 0.000927. The van der Waals surface area contributed by atoms with Crippen molar-refractivity contribution >= 4 is 16.0 Å². The molecule has 1 aliphatic carbocycles. The highest BCUT2D eigenvalue weighted by atomic mass is 32.2. The van der Waals surface area contributed by atoms with Gasteiger partial charge in [-0.3, -0.25) is 4.99 Å². The number of rotatable bonds is 7. The van der Waals surface area contributed by atoms with Crippen LogP contribution in [0.3, 0.4) is 0 Å². The summed E-state index contributed by atoms with van der Waals surface area (Å²) >= 11 is 0. The van der Waals surface area contributed by atoms with Crippen LogP contribution < -0.4 is 15.8 Å². The molecule has 2 aliphatic rings. The van der Waals surface area contributed by atoms with E-state index in [0.29, 0.717) is 18.5 Å². The van der Waals surface area contributed by atoms with Crippen LogP contribution in [-0.2, 0) is 14.8 Å². The molecule has 0 aromatic heterocycles. The van der Waals surface area contributed by atoms with Crippen LogP contribution in [0.1, 0.15) is 57.8 Å². The minimum atomic E-state index is -3.34. The number of sulfonamides is 1. The predicted molar refractivity (Wildman–Crippen MR) is 96.5 cm³/mol. The van der Waals surface area contributed by atoms with Gasteiger partial charge >= 0.3 is 0 Å². The fourth-order valence-corrected chi connectivity index (χ4v) is 4.14. The number of nitrogens with one attached hydrogen (secondary N) is 2. The van der Waals surface area contributed by atoms with E-state index in [9.17, 15) is 8.42 Å². The van der Waals surface area contributed by atoms with Crippen LogP contribution in [0, 0.1) is 0 Å². The average molecular weight is 361 g/mol. The normalized spacial score (nSPS) is 24.5. The van der Waals surface area contributed by atoms with E-state index in [-0.39, 0.29) is 18.4 Å². The maximum absolute atomic E-state index is 12.0. The number of guanidine groups is 1. The first kappa shape index (κ1) is 19.5. The summed E-state index contributed by atoms with van der Waals surface area (Å²) in [5.41, 5.74) is 5.88. The highest BCUT2D eigenvalue weighted by molar-refractivity contribution is 7.89. The van der Waals surface area contributed by atoms with Gasteiger partial charge in [0.05, 0.1) is 18.4 Å². The molecule has 0 aromatic rings. The molecule has 8 heteroatoms. The Morgan fingerprint density at radius 3 is 2.46 bits per heavy atom. The molecule has 7 nitrogen and oxygen atoms in total. The third-order valence-electron chi connectivity index (χ3n) is 4.65. The van der Waals surface area contributed by atoms with Crippen molar-refractivity contribution in [3.8, 4) is 0 Å². The second-order valence-electron chi connectivity index (χ2n) is 6.76. The van der Waals surface area contributed by atoms with Gasteiger partial charge in [0.15, 0.2) is 5.96 Å². The van der Waals surface area contributed by atoms with Crippen LogP contribution >= 0.6 is 0 Å². The fraction of sp³-hybridized carbons (Fsp3) is 0.938. The molecule has 1 atom stereocenters. The first-order chi connectivity index (χ1) is 11.6. The summed E-state index contributed by atoms with van der Waals surface area (Å²) in [6.45, 7) is 1.24. The van der Waals surface area contributed by atoms with Crippen molar-refractivity contribution in [2.24, 2.45) is 10.7 Å². The summed E-state index contributed by atoms with van der Waals surface area (Å²) in [5.74, 6) is 0.306. The van der Waals surface area contributed by atoms with Crippen molar-refractivity contribution in [1.82, 2.24) is 10.0 Å². The molecular weight excluding hydrogens is 328 g/mol. The van der Waals surface area contributed by atoms with Gasteiger partial charge in [0, 0.05) is 19.2 Å². The summed E-state index contributed by atoms with van der Waals surface area (Å²) in [6, 6.07) is 0.370.